The molecule has 0 fully saturated rings. The molecule has 0 spiro atoms. The first kappa shape index (κ1) is 19.7. The Morgan fingerprint density at radius 3 is 2.39 bits per heavy atom. The summed E-state index contributed by atoms with van der Waals surface area (Å²) in [7, 11) is 0. The highest BCUT2D eigenvalue weighted by atomic mass is 19.4. The van der Waals surface area contributed by atoms with Gasteiger partial charge in [-0.1, -0.05) is 30.3 Å². The number of nitrogens with zero attached hydrogens (tertiary/aromatic N) is 1. The minimum absolute atomic E-state index is 0.111. The summed E-state index contributed by atoms with van der Waals surface area (Å²) in [5.41, 5.74) is 2.60. The van der Waals surface area contributed by atoms with Crippen LogP contribution in [0, 0.1) is 20.8 Å². The van der Waals surface area contributed by atoms with Crippen LogP contribution in [0.2, 0.25) is 0 Å². The van der Waals surface area contributed by atoms with Crippen molar-refractivity contribution in [2.75, 3.05) is 5.32 Å². The van der Waals surface area contributed by atoms with E-state index in [0.717, 1.165) is 11.1 Å². The van der Waals surface area contributed by atoms with Crippen LogP contribution >= 0.6 is 0 Å². The molecule has 0 aliphatic heterocycles. The maximum absolute atomic E-state index is 13.0. The number of aromatic nitrogens is 1. The Hall–Kier alpha value is -3.09. The molecule has 0 aliphatic rings. The fraction of sp³-hybridized carbons (Fsp3) is 0.238. The van der Waals surface area contributed by atoms with E-state index in [4.69, 9.17) is 0 Å². The molecule has 0 bridgehead atoms. The van der Waals surface area contributed by atoms with Gasteiger partial charge in [-0.3, -0.25) is 9.59 Å². The van der Waals surface area contributed by atoms with Crippen LogP contribution in [-0.4, -0.2) is 22.4 Å². The van der Waals surface area contributed by atoms with E-state index in [0.29, 0.717) is 11.2 Å². The number of halogens is 3. The third-order valence-electron chi connectivity index (χ3n) is 4.68. The summed E-state index contributed by atoms with van der Waals surface area (Å²) in [6.45, 7) is 4.97. The maximum Gasteiger partial charge on any atom is 0.454 e. The summed E-state index contributed by atoms with van der Waals surface area (Å²) >= 11 is 0. The molecule has 3 aromatic rings. The predicted octanol–water partition coefficient (Wildman–Crippen LogP) is 4.95. The SMILES string of the molecule is Cc1ccc(C)c(NC(=O)Cn2c(C)c(C(=O)C(F)(F)F)c3ccccc32)c1. The molecule has 0 saturated heterocycles. The summed E-state index contributed by atoms with van der Waals surface area (Å²) in [5.74, 6) is -2.29. The van der Waals surface area contributed by atoms with Gasteiger partial charge in [0, 0.05) is 22.3 Å². The lowest BCUT2D eigenvalue weighted by molar-refractivity contribution is -0.116. The number of aryl methyl sites for hydroxylation is 2. The van der Waals surface area contributed by atoms with E-state index in [2.05, 4.69) is 5.32 Å². The number of hydrogen-bond acceptors (Lipinski definition) is 2. The number of para-hydroxylation sites is 1. The Labute approximate surface area is 160 Å². The van der Waals surface area contributed by atoms with Gasteiger partial charge in [-0.05, 0) is 44.0 Å². The largest absolute Gasteiger partial charge is 0.454 e. The number of amides is 1. The molecular formula is C21H19F3N2O2. The molecule has 28 heavy (non-hydrogen) atoms. The molecule has 0 atom stereocenters. The zero-order chi connectivity index (χ0) is 20.6. The number of hydrogen-bond donors (Lipinski definition) is 1. The Morgan fingerprint density at radius 2 is 1.71 bits per heavy atom. The van der Waals surface area contributed by atoms with Crippen LogP contribution in [0.3, 0.4) is 0 Å². The number of carbonyl (C=O) groups excluding carboxylic acids is 2. The van der Waals surface area contributed by atoms with Gasteiger partial charge in [-0.25, -0.2) is 0 Å². The van der Waals surface area contributed by atoms with Crippen molar-refractivity contribution in [3.8, 4) is 0 Å². The van der Waals surface area contributed by atoms with Crippen molar-refractivity contribution in [3.63, 3.8) is 0 Å². The lowest BCUT2D eigenvalue weighted by atomic mass is 10.1. The topological polar surface area (TPSA) is 51.1 Å². The van der Waals surface area contributed by atoms with Gasteiger partial charge in [-0.2, -0.15) is 13.2 Å². The lowest BCUT2D eigenvalue weighted by Gasteiger charge is -2.12. The molecule has 7 heteroatoms. The number of alkyl halides is 3. The summed E-state index contributed by atoms with van der Waals surface area (Å²) in [4.78, 5) is 24.5. The molecule has 1 amide bonds. The molecule has 3 rings (SSSR count). The minimum Gasteiger partial charge on any atom is -0.335 e. The van der Waals surface area contributed by atoms with Crippen molar-refractivity contribution in [1.29, 1.82) is 0 Å². The molecule has 146 valence electrons. The van der Waals surface area contributed by atoms with Crippen LogP contribution in [0.1, 0.15) is 27.2 Å². The van der Waals surface area contributed by atoms with Crippen molar-refractivity contribution in [2.24, 2.45) is 0 Å². The van der Waals surface area contributed by atoms with Crippen LogP contribution in [0.4, 0.5) is 18.9 Å². The van der Waals surface area contributed by atoms with Gasteiger partial charge in [0.05, 0.1) is 5.56 Å². The number of ketones is 1. The highest BCUT2D eigenvalue weighted by Gasteiger charge is 2.42. The number of Topliss-reactive ketones (excluding diaryl/α,β-unsaturated/α-hetero) is 1. The second-order valence-electron chi connectivity index (χ2n) is 6.76. The van der Waals surface area contributed by atoms with Gasteiger partial charge < -0.3 is 9.88 Å². The van der Waals surface area contributed by atoms with Gasteiger partial charge in [0.1, 0.15) is 6.54 Å². The van der Waals surface area contributed by atoms with Gasteiger partial charge in [0.2, 0.25) is 5.91 Å². The van der Waals surface area contributed by atoms with Crippen molar-refractivity contribution < 1.29 is 22.8 Å². The Kier molecular flexibility index (Phi) is 5.02. The molecule has 0 saturated carbocycles. The van der Waals surface area contributed by atoms with E-state index in [1.165, 1.54) is 17.6 Å². The monoisotopic (exact) mass is 388 g/mol. The van der Waals surface area contributed by atoms with E-state index in [1.54, 1.807) is 18.2 Å². The van der Waals surface area contributed by atoms with Gasteiger partial charge >= 0.3 is 6.18 Å². The van der Waals surface area contributed by atoms with Crippen LogP contribution in [0.25, 0.3) is 10.9 Å². The summed E-state index contributed by atoms with van der Waals surface area (Å²) in [6, 6.07) is 11.9. The third kappa shape index (κ3) is 3.65. The van der Waals surface area contributed by atoms with E-state index in [9.17, 15) is 22.8 Å². The second-order valence-corrected chi connectivity index (χ2v) is 6.76. The molecule has 4 nitrogen and oxygen atoms in total. The highest BCUT2D eigenvalue weighted by Crippen LogP contribution is 2.31. The normalized spacial score (nSPS) is 11.6. The molecule has 2 aromatic carbocycles. The molecule has 0 unspecified atom stereocenters. The first-order chi connectivity index (χ1) is 13.1. The van der Waals surface area contributed by atoms with E-state index >= 15 is 0 Å². The number of nitrogens with one attached hydrogen (secondary N) is 1. The number of carbonyl (C=O) groups is 2. The number of rotatable bonds is 4. The maximum atomic E-state index is 13.0. The number of anilines is 1. The van der Waals surface area contributed by atoms with Crippen LogP contribution in [-0.2, 0) is 11.3 Å². The average Bonchev–Trinajstić information content (AvgIpc) is 2.89. The first-order valence-electron chi connectivity index (χ1n) is 8.66. The second kappa shape index (κ2) is 7.14. The van der Waals surface area contributed by atoms with E-state index in [1.807, 2.05) is 32.0 Å². The zero-order valence-electron chi connectivity index (χ0n) is 15.6. The molecular weight excluding hydrogens is 369 g/mol. The van der Waals surface area contributed by atoms with Crippen molar-refractivity contribution in [1.82, 2.24) is 4.57 Å². The summed E-state index contributed by atoms with van der Waals surface area (Å²) in [6.07, 6.45) is -4.99. The fourth-order valence-corrected chi connectivity index (χ4v) is 3.27. The van der Waals surface area contributed by atoms with Gasteiger partial charge in [0.15, 0.2) is 0 Å². The smallest absolute Gasteiger partial charge is 0.335 e. The number of benzene rings is 2. The van der Waals surface area contributed by atoms with Crippen molar-refractivity contribution >= 4 is 28.3 Å². The molecule has 1 aromatic heterocycles. The van der Waals surface area contributed by atoms with Crippen LogP contribution in [0.15, 0.2) is 42.5 Å². The van der Waals surface area contributed by atoms with Gasteiger partial charge in [0.25, 0.3) is 5.78 Å². The standard InChI is InChI=1S/C21H19F3N2O2/c1-12-8-9-13(2)16(10-12)25-18(27)11-26-14(3)19(20(28)21(22,23)24)15-6-4-5-7-17(15)26/h4-10H,11H2,1-3H3,(H,25,27). The van der Waals surface area contributed by atoms with E-state index < -0.39 is 17.5 Å². The Bertz CT molecular complexity index is 1080. The van der Waals surface area contributed by atoms with E-state index in [-0.39, 0.29) is 23.5 Å². The summed E-state index contributed by atoms with van der Waals surface area (Å²) < 4.78 is 40.6. The molecule has 0 radical (unpaired) electrons. The minimum atomic E-state index is -4.99. The Balaban J connectivity index is 2.00. The fourth-order valence-electron chi connectivity index (χ4n) is 3.27. The third-order valence-corrected chi connectivity index (χ3v) is 4.68. The molecule has 0 aliphatic carbocycles. The molecule has 1 N–H and O–H groups in total. The van der Waals surface area contributed by atoms with Gasteiger partial charge in [-0.15, -0.1) is 0 Å². The lowest BCUT2D eigenvalue weighted by Crippen LogP contribution is -2.24. The quantitative estimate of drug-likeness (QED) is 0.643. The first-order valence-corrected chi connectivity index (χ1v) is 8.66. The van der Waals surface area contributed by atoms with Crippen molar-refractivity contribution in [2.45, 2.75) is 33.5 Å². The van der Waals surface area contributed by atoms with Crippen molar-refractivity contribution in [3.05, 3.63) is 64.8 Å². The zero-order valence-corrected chi connectivity index (χ0v) is 15.6. The highest BCUT2D eigenvalue weighted by molar-refractivity contribution is 6.12. The summed E-state index contributed by atoms with van der Waals surface area (Å²) in [5, 5.41) is 2.98. The predicted molar refractivity (Wildman–Crippen MR) is 102 cm³/mol. The Morgan fingerprint density at radius 1 is 1.04 bits per heavy atom. The van der Waals surface area contributed by atoms with Crippen LogP contribution in [0.5, 0.6) is 0 Å². The molecule has 1 heterocycles. The number of fused-ring (bicyclic) bond motifs is 1. The average molecular weight is 388 g/mol. The van der Waals surface area contributed by atoms with Crippen LogP contribution < -0.4 is 5.32 Å².